The number of hydrogen-bond acceptors (Lipinski definition) is 4. The number of nitriles is 1. The largest absolute Gasteiger partial charge is 0.493 e. The molecular formula is C21H19ClN2O3. The zero-order chi connectivity index (χ0) is 19.2. The van der Waals surface area contributed by atoms with E-state index in [-0.39, 0.29) is 17.5 Å². The summed E-state index contributed by atoms with van der Waals surface area (Å²) in [6, 6.07) is 14.8. The molecule has 138 valence electrons. The third-order valence-electron chi connectivity index (χ3n) is 4.12. The average molecular weight is 383 g/mol. The van der Waals surface area contributed by atoms with E-state index in [1.165, 1.54) is 13.2 Å². The van der Waals surface area contributed by atoms with Crippen LogP contribution in [0.15, 0.2) is 48.0 Å². The molecule has 0 saturated heterocycles. The lowest BCUT2D eigenvalue weighted by Gasteiger charge is -2.12. The van der Waals surface area contributed by atoms with Crippen molar-refractivity contribution < 1.29 is 14.3 Å². The highest BCUT2D eigenvalue weighted by Crippen LogP contribution is 2.30. The number of carbonyl (C=O) groups is 1. The molecule has 6 heteroatoms. The van der Waals surface area contributed by atoms with Crippen LogP contribution in [0.1, 0.15) is 24.0 Å². The zero-order valence-corrected chi connectivity index (χ0v) is 15.6. The number of hydrogen-bond donors (Lipinski definition) is 1. The second kappa shape index (κ2) is 8.61. The Labute approximate surface area is 163 Å². The van der Waals surface area contributed by atoms with Crippen molar-refractivity contribution in [2.75, 3.05) is 7.11 Å². The molecule has 3 rings (SSSR count). The lowest BCUT2D eigenvalue weighted by atomic mass is 10.1. The number of benzene rings is 2. The van der Waals surface area contributed by atoms with E-state index in [0.717, 1.165) is 18.4 Å². The van der Waals surface area contributed by atoms with E-state index in [4.69, 9.17) is 21.1 Å². The number of ether oxygens (including phenoxy) is 2. The van der Waals surface area contributed by atoms with E-state index in [1.807, 2.05) is 30.3 Å². The van der Waals surface area contributed by atoms with Gasteiger partial charge in [-0.2, -0.15) is 5.26 Å². The number of rotatable bonds is 7. The van der Waals surface area contributed by atoms with Crippen molar-refractivity contribution in [1.82, 2.24) is 5.32 Å². The molecule has 1 saturated carbocycles. The van der Waals surface area contributed by atoms with Crippen molar-refractivity contribution in [3.63, 3.8) is 0 Å². The molecule has 27 heavy (non-hydrogen) atoms. The first-order valence-corrected chi connectivity index (χ1v) is 8.95. The second-order valence-electron chi connectivity index (χ2n) is 6.21. The maximum absolute atomic E-state index is 12.1. The van der Waals surface area contributed by atoms with Crippen molar-refractivity contribution in [2.45, 2.75) is 25.5 Å². The van der Waals surface area contributed by atoms with Gasteiger partial charge in [0.05, 0.1) is 7.11 Å². The maximum Gasteiger partial charge on any atom is 0.262 e. The molecule has 5 nitrogen and oxygen atoms in total. The highest BCUT2D eigenvalue weighted by atomic mass is 35.5. The quantitative estimate of drug-likeness (QED) is 0.577. The molecule has 1 fully saturated rings. The Hall–Kier alpha value is -2.97. The summed E-state index contributed by atoms with van der Waals surface area (Å²) in [4.78, 5) is 12.1. The van der Waals surface area contributed by atoms with Crippen molar-refractivity contribution >= 4 is 23.6 Å². The van der Waals surface area contributed by atoms with Gasteiger partial charge in [0, 0.05) is 16.6 Å². The zero-order valence-electron chi connectivity index (χ0n) is 14.9. The molecule has 0 aromatic heterocycles. The lowest BCUT2D eigenvalue weighted by molar-refractivity contribution is -0.117. The number of nitrogens with zero attached hydrogens (tertiary/aromatic N) is 1. The van der Waals surface area contributed by atoms with Gasteiger partial charge < -0.3 is 14.8 Å². The van der Waals surface area contributed by atoms with Gasteiger partial charge in [0.25, 0.3) is 5.91 Å². The van der Waals surface area contributed by atoms with Crippen LogP contribution in [0.2, 0.25) is 5.02 Å². The average Bonchev–Trinajstić information content (AvgIpc) is 3.49. The van der Waals surface area contributed by atoms with Crippen LogP contribution in [0.3, 0.4) is 0 Å². The van der Waals surface area contributed by atoms with Crippen molar-refractivity contribution in [3.05, 3.63) is 64.2 Å². The van der Waals surface area contributed by atoms with Crippen LogP contribution in [0.4, 0.5) is 0 Å². The van der Waals surface area contributed by atoms with E-state index in [1.54, 1.807) is 18.2 Å². The van der Waals surface area contributed by atoms with Gasteiger partial charge >= 0.3 is 0 Å². The van der Waals surface area contributed by atoms with Gasteiger partial charge in [-0.15, -0.1) is 0 Å². The fourth-order valence-electron chi connectivity index (χ4n) is 2.47. The molecular weight excluding hydrogens is 364 g/mol. The van der Waals surface area contributed by atoms with Crippen LogP contribution >= 0.6 is 11.6 Å². The normalized spacial score (nSPS) is 13.6. The van der Waals surface area contributed by atoms with Crippen LogP contribution in [-0.4, -0.2) is 19.1 Å². The van der Waals surface area contributed by atoms with Gasteiger partial charge in [-0.1, -0.05) is 35.9 Å². The lowest BCUT2D eigenvalue weighted by Crippen LogP contribution is -2.26. The monoisotopic (exact) mass is 382 g/mol. The van der Waals surface area contributed by atoms with Crippen molar-refractivity contribution in [3.8, 4) is 17.6 Å². The molecule has 0 atom stereocenters. The number of nitrogens with one attached hydrogen (secondary N) is 1. The first-order valence-electron chi connectivity index (χ1n) is 8.57. The summed E-state index contributed by atoms with van der Waals surface area (Å²) in [5.74, 6) is 0.712. The van der Waals surface area contributed by atoms with Crippen LogP contribution in [0.5, 0.6) is 11.5 Å². The van der Waals surface area contributed by atoms with Crippen LogP contribution in [-0.2, 0) is 11.4 Å². The maximum atomic E-state index is 12.1. The Morgan fingerprint density at radius 3 is 2.74 bits per heavy atom. The molecule has 2 aromatic carbocycles. The highest BCUT2D eigenvalue weighted by molar-refractivity contribution is 6.31. The van der Waals surface area contributed by atoms with E-state index in [0.29, 0.717) is 28.7 Å². The van der Waals surface area contributed by atoms with E-state index in [2.05, 4.69) is 5.32 Å². The third-order valence-corrected chi connectivity index (χ3v) is 4.49. The van der Waals surface area contributed by atoms with Gasteiger partial charge in [0.1, 0.15) is 18.2 Å². The predicted octanol–water partition coefficient (Wildman–Crippen LogP) is 4.11. The summed E-state index contributed by atoms with van der Waals surface area (Å²) in [6.45, 7) is 0.304. The summed E-state index contributed by atoms with van der Waals surface area (Å²) >= 11 is 6.15. The predicted molar refractivity (Wildman–Crippen MR) is 104 cm³/mol. The van der Waals surface area contributed by atoms with Gasteiger partial charge in [0.15, 0.2) is 11.5 Å². The SMILES string of the molecule is COc1cc(/C=C(\C#N)C(=O)NC2CC2)ccc1OCc1ccccc1Cl. The molecule has 0 radical (unpaired) electrons. The number of halogens is 1. The Morgan fingerprint density at radius 1 is 1.30 bits per heavy atom. The highest BCUT2D eigenvalue weighted by Gasteiger charge is 2.24. The Morgan fingerprint density at radius 2 is 2.07 bits per heavy atom. The molecule has 2 aromatic rings. The molecule has 1 aliphatic rings. The molecule has 1 amide bonds. The van der Waals surface area contributed by atoms with Crippen molar-refractivity contribution in [1.29, 1.82) is 5.26 Å². The second-order valence-corrected chi connectivity index (χ2v) is 6.62. The van der Waals surface area contributed by atoms with E-state index >= 15 is 0 Å². The Bertz CT molecular complexity index is 914. The summed E-state index contributed by atoms with van der Waals surface area (Å²) in [7, 11) is 1.54. The van der Waals surface area contributed by atoms with E-state index in [9.17, 15) is 10.1 Å². The van der Waals surface area contributed by atoms with Gasteiger partial charge in [-0.3, -0.25) is 4.79 Å². The fourth-order valence-corrected chi connectivity index (χ4v) is 2.66. The summed E-state index contributed by atoms with van der Waals surface area (Å²) in [5.41, 5.74) is 1.61. The van der Waals surface area contributed by atoms with Gasteiger partial charge in [-0.25, -0.2) is 0 Å². The third kappa shape index (κ3) is 5.02. The smallest absolute Gasteiger partial charge is 0.262 e. The summed E-state index contributed by atoms with van der Waals surface area (Å²) in [6.07, 6.45) is 3.48. The minimum Gasteiger partial charge on any atom is -0.493 e. The van der Waals surface area contributed by atoms with Gasteiger partial charge in [0.2, 0.25) is 0 Å². The molecule has 0 aliphatic heterocycles. The molecule has 0 spiro atoms. The molecule has 1 aliphatic carbocycles. The molecule has 0 heterocycles. The molecule has 1 N–H and O–H groups in total. The first-order chi connectivity index (χ1) is 13.1. The Kier molecular flexibility index (Phi) is 6.00. The standard InChI is InChI=1S/C21H19ClN2O3/c1-26-20-11-14(10-16(12-23)21(25)24-17-7-8-17)6-9-19(20)27-13-15-4-2-3-5-18(15)22/h2-6,9-11,17H,7-8,13H2,1H3,(H,24,25)/b16-10+. The van der Waals surface area contributed by atoms with Gasteiger partial charge in [-0.05, 0) is 42.7 Å². The van der Waals surface area contributed by atoms with Crippen LogP contribution in [0, 0.1) is 11.3 Å². The van der Waals surface area contributed by atoms with Crippen LogP contribution in [0.25, 0.3) is 6.08 Å². The fraction of sp³-hybridized carbons (Fsp3) is 0.238. The topological polar surface area (TPSA) is 71.3 Å². The van der Waals surface area contributed by atoms with Crippen LogP contribution < -0.4 is 14.8 Å². The number of amides is 1. The molecule has 0 bridgehead atoms. The number of carbonyl (C=O) groups excluding carboxylic acids is 1. The van der Waals surface area contributed by atoms with Crippen molar-refractivity contribution in [2.24, 2.45) is 0 Å². The van der Waals surface area contributed by atoms with E-state index < -0.39 is 0 Å². The minimum atomic E-state index is -0.349. The Balaban J connectivity index is 1.75. The molecule has 0 unspecified atom stereocenters. The first kappa shape index (κ1) is 18.8. The number of methoxy groups -OCH3 is 1. The minimum absolute atomic E-state index is 0.0636. The summed E-state index contributed by atoms with van der Waals surface area (Å²) in [5, 5.41) is 12.7. The summed E-state index contributed by atoms with van der Waals surface area (Å²) < 4.78 is 11.2.